The van der Waals surface area contributed by atoms with Gasteiger partial charge < -0.3 is 14.8 Å². The lowest BCUT2D eigenvalue weighted by molar-refractivity contribution is -0.118. The van der Waals surface area contributed by atoms with Gasteiger partial charge in [-0.15, -0.1) is 6.58 Å². The van der Waals surface area contributed by atoms with Crippen LogP contribution in [0.2, 0.25) is 10.0 Å². The van der Waals surface area contributed by atoms with Gasteiger partial charge in [0, 0.05) is 10.6 Å². The number of anilines is 2. The second kappa shape index (κ2) is 11.3. The number of esters is 1. The van der Waals surface area contributed by atoms with E-state index in [1.54, 1.807) is 12.1 Å². The van der Waals surface area contributed by atoms with Crippen molar-refractivity contribution in [2.45, 2.75) is 4.90 Å². The summed E-state index contributed by atoms with van der Waals surface area (Å²) in [4.78, 5) is 36.5. The summed E-state index contributed by atoms with van der Waals surface area (Å²) in [6.07, 6.45) is 1.40. The number of nitrogens with one attached hydrogen (secondary N) is 1. The van der Waals surface area contributed by atoms with Crippen LogP contribution in [0.1, 0.15) is 20.7 Å². The van der Waals surface area contributed by atoms with Crippen LogP contribution in [0.4, 0.5) is 11.4 Å². The van der Waals surface area contributed by atoms with Crippen molar-refractivity contribution in [3.63, 3.8) is 0 Å². The lowest BCUT2D eigenvalue weighted by atomic mass is 10.1. The lowest BCUT2D eigenvalue weighted by Crippen LogP contribution is -2.31. The molecule has 1 heterocycles. The SMILES string of the molecule is C=CCN(c1ccc(Cl)cc1)S(=O)(=O)c1cc(C(=O)OCC(=O)c2ccc3c(c2)NC(=O)CO3)ccc1Cl. The van der Waals surface area contributed by atoms with Gasteiger partial charge in [-0.1, -0.05) is 29.3 Å². The first-order valence-corrected chi connectivity index (χ1v) is 13.3. The summed E-state index contributed by atoms with van der Waals surface area (Å²) in [6, 6.07) is 14.2. The van der Waals surface area contributed by atoms with Crippen LogP contribution in [0.3, 0.4) is 0 Å². The molecule has 0 bridgehead atoms. The molecule has 4 rings (SSSR count). The second-order valence-corrected chi connectivity index (χ2v) is 10.7. The minimum absolute atomic E-state index is 0.0737. The Labute approximate surface area is 228 Å². The first-order valence-electron chi connectivity index (χ1n) is 11.1. The molecule has 3 aromatic carbocycles. The van der Waals surface area contributed by atoms with Crippen LogP contribution in [0, 0.1) is 0 Å². The van der Waals surface area contributed by atoms with Gasteiger partial charge >= 0.3 is 5.97 Å². The summed E-state index contributed by atoms with van der Waals surface area (Å²) in [5, 5.41) is 2.91. The third-order valence-electron chi connectivity index (χ3n) is 5.41. The minimum atomic E-state index is -4.24. The average Bonchev–Trinajstić information content (AvgIpc) is 2.90. The van der Waals surface area contributed by atoms with Crippen LogP contribution in [0.5, 0.6) is 5.75 Å². The van der Waals surface area contributed by atoms with Crippen LogP contribution >= 0.6 is 23.2 Å². The predicted molar refractivity (Wildman–Crippen MR) is 143 cm³/mol. The normalized spacial score (nSPS) is 12.5. The predicted octanol–water partition coefficient (Wildman–Crippen LogP) is 4.75. The number of ether oxygens (including phenoxy) is 2. The van der Waals surface area contributed by atoms with Crippen LogP contribution in [0.25, 0.3) is 0 Å². The number of hydrogen-bond acceptors (Lipinski definition) is 7. The van der Waals surface area contributed by atoms with Gasteiger partial charge in [0.15, 0.2) is 19.0 Å². The second-order valence-electron chi connectivity index (χ2n) is 7.99. The highest BCUT2D eigenvalue weighted by molar-refractivity contribution is 7.93. The molecule has 12 heteroatoms. The molecule has 0 spiro atoms. The zero-order valence-electron chi connectivity index (χ0n) is 19.6. The quantitative estimate of drug-likeness (QED) is 0.222. The van der Waals surface area contributed by atoms with Gasteiger partial charge in [0.1, 0.15) is 10.6 Å². The fourth-order valence-corrected chi connectivity index (χ4v) is 5.63. The first kappa shape index (κ1) is 27.2. The molecule has 0 atom stereocenters. The molecule has 0 unspecified atom stereocenters. The summed E-state index contributed by atoms with van der Waals surface area (Å²) in [7, 11) is -4.24. The molecule has 1 N–H and O–H groups in total. The maximum Gasteiger partial charge on any atom is 0.338 e. The molecule has 196 valence electrons. The molecular formula is C26H20Cl2N2O7S. The molecule has 0 aliphatic carbocycles. The molecule has 0 radical (unpaired) electrons. The summed E-state index contributed by atoms with van der Waals surface area (Å²) in [5.41, 5.74) is 0.706. The van der Waals surface area contributed by atoms with Crippen molar-refractivity contribution in [3.05, 3.63) is 94.5 Å². The van der Waals surface area contributed by atoms with E-state index in [4.69, 9.17) is 32.7 Å². The highest BCUT2D eigenvalue weighted by Crippen LogP contribution is 2.31. The Morgan fingerprint density at radius 1 is 1.05 bits per heavy atom. The maximum atomic E-state index is 13.5. The maximum absolute atomic E-state index is 13.5. The summed E-state index contributed by atoms with van der Waals surface area (Å²) >= 11 is 12.1. The molecule has 0 saturated heterocycles. The van der Waals surface area contributed by atoms with E-state index in [0.717, 1.165) is 10.4 Å². The highest BCUT2D eigenvalue weighted by Gasteiger charge is 2.28. The Kier molecular flexibility index (Phi) is 8.05. The molecule has 3 aromatic rings. The van der Waals surface area contributed by atoms with Crippen molar-refractivity contribution < 1.29 is 32.3 Å². The van der Waals surface area contributed by atoms with E-state index in [2.05, 4.69) is 11.9 Å². The average molecular weight is 575 g/mol. The zero-order valence-corrected chi connectivity index (χ0v) is 22.0. The van der Waals surface area contributed by atoms with Gasteiger partial charge in [-0.2, -0.15) is 0 Å². The zero-order chi connectivity index (χ0) is 27.4. The van der Waals surface area contributed by atoms with Crippen LogP contribution < -0.4 is 14.4 Å². The van der Waals surface area contributed by atoms with E-state index < -0.39 is 28.4 Å². The monoisotopic (exact) mass is 574 g/mol. The standard InChI is InChI=1S/C26H20Cl2N2O7S/c1-2-11-30(19-7-5-18(27)6-8-19)38(34,35)24-13-17(3-9-20(24)28)26(33)37-14-22(31)16-4-10-23-21(12-16)29-25(32)15-36-23/h2-10,12-13H,1,11,14-15H2,(H,29,32). The fraction of sp³-hybridized carbons (Fsp3) is 0.115. The van der Waals surface area contributed by atoms with Crippen molar-refractivity contribution in [2.75, 3.05) is 29.4 Å². The number of carbonyl (C=O) groups excluding carboxylic acids is 3. The Morgan fingerprint density at radius 2 is 1.76 bits per heavy atom. The molecular weight excluding hydrogens is 555 g/mol. The number of benzene rings is 3. The molecule has 1 amide bonds. The summed E-state index contributed by atoms with van der Waals surface area (Å²) < 4.78 is 38.5. The fourth-order valence-electron chi connectivity index (χ4n) is 3.57. The number of carbonyl (C=O) groups is 3. The van der Waals surface area contributed by atoms with Crippen molar-refractivity contribution in [1.29, 1.82) is 0 Å². The van der Waals surface area contributed by atoms with E-state index >= 15 is 0 Å². The Bertz CT molecular complexity index is 1540. The van der Waals surface area contributed by atoms with Crippen molar-refractivity contribution >= 4 is 62.3 Å². The van der Waals surface area contributed by atoms with E-state index in [-0.39, 0.29) is 40.1 Å². The third kappa shape index (κ3) is 5.83. The molecule has 1 aliphatic rings. The lowest BCUT2D eigenvalue weighted by Gasteiger charge is -2.24. The van der Waals surface area contributed by atoms with Gasteiger partial charge in [0.2, 0.25) is 0 Å². The molecule has 0 fully saturated rings. The molecule has 1 aliphatic heterocycles. The van der Waals surface area contributed by atoms with E-state index in [1.165, 1.54) is 48.5 Å². The number of rotatable bonds is 9. The number of ketones is 1. The van der Waals surface area contributed by atoms with E-state index in [1.807, 2.05) is 0 Å². The smallest absolute Gasteiger partial charge is 0.338 e. The van der Waals surface area contributed by atoms with Crippen LogP contribution in [-0.4, -0.2) is 45.8 Å². The van der Waals surface area contributed by atoms with Gasteiger partial charge in [0.05, 0.1) is 28.5 Å². The number of Topliss-reactive ketones (excluding diaryl/α,β-unsaturated/α-hetero) is 1. The molecule has 9 nitrogen and oxygen atoms in total. The van der Waals surface area contributed by atoms with E-state index in [9.17, 15) is 22.8 Å². The van der Waals surface area contributed by atoms with Gasteiger partial charge in [0.25, 0.3) is 15.9 Å². The van der Waals surface area contributed by atoms with Gasteiger partial charge in [-0.05, 0) is 60.7 Å². The topological polar surface area (TPSA) is 119 Å². The number of hydrogen-bond donors (Lipinski definition) is 1. The molecule has 0 aromatic heterocycles. The van der Waals surface area contributed by atoms with Gasteiger partial charge in [-0.25, -0.2) is 13.2 Å². The van der Waals surface area contributed by atoms with Crippen LogP contribution in [-0.2, 0) is 19.6 Å². The van der Waals surface area contributed by atoms with Gasteiger partial charge in [-0.3, -0.25) is 13.9 Å². The number of nitrogens with zero attached hydrogens (tertiary/aromatic N) is 1. The van der Waals surface area contributed by atoms with Crippen molar-refractivity contribution in [1.82, 2.24) is 0 Å². The largest absolute Gasteiger partial charge is 0.482 e. The summed E-state index contributed by atoms with van der Waals surface area (Å²) in [6.45, 7) is 2.80. The summed E-state index contributed by atoms with van der Waals surface area (Å²) in [5.74, 6) is -1.41. The first-order chi connectivity index (χ1) is 18.1. The molecule has 0 saturated carbocycles. The number of halogens is 2. The van der Waals surface area contributed by atoms with E-state index in [0.29, 0.717) is 22.1 Å². The Hall–Kier alpha value is -3.86. The Morgan fingerprint density at radius 3 is 2.47 bits per heavy atom. The number of amides is 1. The highest BCUT2D eigenvalue weighted by atomic mass is 35.5. The van der Waals surface area contributed by atoms with Crippen molar-refractivity contribution in [2.24, 2.45) is 0 Å². The number of fused-ring (bicyclic) bond motifs is 1. The third-order valence-corrected chi connectivity index (χ3v) is 7.94. The Balaban J connectivity index is 1.53. The van der Waals surface area contributed by atoms with Crippen molar-refractivity contribution in [3.8, 4) is 5.75 Å². The minimum Gasteiger partial charge on any atom is -0.482 e. The van der Waals surface area contributed by atoms with Crippen LogP contribution in [0.15, 0.2) is 78.2 Å². The number of sulfonamides is 1. The molecule has 38 heavy (non-hydrogen) atoms.